The van der Waals surface area contributed by atoms with Crippen LogP contribution in [-0.4, -0.2) is 92.3 Å². The fraction of sp³-hybridized carbons (Fsp3) is 0.515. The molecule has 2 aromatic carbocycles. The first-order valence-electron chi connectivity index (χ1n) is 15.1. The molecule has 9 heteroatoms. The Morgan fingerprint density at radius 2 is 1.71 bits per heavy atom. The first-order chi connectivity index (χ1) is 20.4. The van der Waals surface area contributed by atoms with E-state index in [-0.39, 0.29) is 35.7 Å². The van der Waals surface area contributed by atoms with E-state index >= 15 is 0 Å². The smallest absolute Gasteiger partial charge is 0.256 e. The van der Waals surface area contributed by atoms with Crippen LogP contribution >= 0.6 is 0 Å². The molecular formula is C33H44N4O5. The maximum absolute atomic E-state index is 13.9. The van der Waals surface area contributed by atoms with Crippen LogP contribution in [0.25, 0.3) is 10.9 Å². The SMILES string of the molecule is COCCCOc1cc(C(=O)N(C[C@@H]2CNC[C@H]2CN(C(=O)c2c[nH]c3ccccc23)C2CC2)C(C)C)ccc1OC. The number of amides is 2. The molecule has 0 radical (unpaired) electrons. The number of H-pyrrole nitrogens is 1. The molecular weight excluding hydrogens is 532 g/mol. The van der Waals surface area contributed by atoms with Gasteiger partial charge in [0, 0.05) is 81.1 Å². The predicted molar refractivity (Wildman–Crippen MR) is 163 cm³/mol. The number of aromatic amines is 1. The molecule has 0 spiro atoms. The quantitative estimate of drug-likeness (QED) is 0.273. The highest BCUT2D eigenvalue weighted by Gasteiger charge is 2.39. The maximum Gasteiger partial charge on any atom is 0.256 e. The average molecular weight is 577 g/mol. The first-order valence-corrected chi connectivity index (χ1v) is 15.1. The minimum Gasteiger partial charge on any atom is -0.493 e. The van der Waals surface area contributed by atoms with Crippen LogP contribution in [0.1, 0.15) is 53.8 Å². The van der Waals surface area contributed by atoms with E-state index in [1.807, 2.05) is 35.4 Å². The number of methoxy groups -OCH3 is 2. The Morgan fingerprint density at radius 1 is 0.952 bits per heavy atom. The summed E-state index contributed by atoms with van der Waals surface area (Å²) in [6.45, 7) is 8.13. The number of rotatable bonds is 14. The van der Waals surface area contributed by atoms with Crippen molar-refractivity contribution in [3.8, 4) is 11.5 Å². The van der Waals surface area contributed by atoms with E-state index < -0.39 is 0 Å². The first kappa shape index (κ1) is 29.9. The van der Waals surface area contributed by atoms with Gasteiger partial charge in [-0.2, -0.15) is 0 Å². The van der Waals surface area contributed by atoms with Crippen LogP contribution < -0.4 is 14.8 Å². The molecule has 1 aliphatic heterocycles. The molecule has 2 heterocycles. The van der Waals surface area contributed by atoms with Crippen LogP contribution in [0.2, 0.25) is 0 Å². The number of hydrogen-bond acceptors (Lipinski definition) is 6. The van der Waals surface area contributed by atoms with Gasteiger partial charge in [0.1, 0.15) is 0 Å². The minimum atomic E-state index is -0.0334. The van der Waals surface area contributed by atoms with Crippen LogP contribution in [0.4, 0.5) is 0 Å². The van der Waals surface area contributed by atoms with E-state index in [1.165, 1.54) is 0 Å². The lowest BCUT2D eigenvalue weighted by Crippen LogP contribution is -2.45. The van der Waals surface area contributed by atoms with Gasteiger partial charge in [-0.15, -0.1) is 0 Å². The zero-order valence-electron chi connectivity index (χ0n) is 25.2. The molecule has 3 aromatic rings. The highest BCUT2D eigenvalue weighted by atomic mass is 16.5. The maximum atomic E-state index is 13.9. The fourth-order valence-electron chi connectivity index (χ4n) is 5.91. The van der Waals surface area contributed by atoms with Gasteiger partial charge in [0.05, 0.1) is 19.3 Å². The summed E-state index contributed by atoms with van der Waals surface area (Å²) in [4.78, 5) is 34.9. The van der Waals surface area contributed by atoms with E-state index in [0.29, 0.717) is 43.4 Å². The summed E-state index contributed by atoms with van der Waals surface area (Å²) in [6.07, 6.45) is 4.68. The van der Waals surface area contributed by atoms with Crippen LogP contribution in [0.3, 0.4) is 0 Å². The number of carbonyl (C=O) groups excluding carboxylic acids is 2. The van der Waals surface area contributed by atoms with E-state index in [0.717, 1.165) is 48.8 Å². The van der Waals surface area contributed by atoms with Gasteiger partial charge in [-0.1, -0.05) is 18.2 Å². The molecule has 2 fully saturated rings. The zero-order chi connectivity index (χ0) is 29.6. The third kappa shape index (κ3) is 6.73. The number of aromatic nitrogens is 1. The molecule has 1 aromatic heterocycles. The lowest BCUT2D eigenvalue weighted by molar-refractivity contribution is 0.0613. The summed E-state index contributed by atoms with van der Waals surface area (Å²) in [5.41, 5.74) is 2.28. The van der Waals surface area contributed by atoms with Crippen molar-refractivity contribution in [3.05, 3.63) is 59.8 Å². The molecule has 2 aliphatic rings. The number of hydrogen-bond donors (Lipinski definition) is 2. The molecule has 1 aliphatic carbocycles. The van der Waals surface area contributed by atoms with Crippen molar-refractivity contribution in [3.63, 3.8) is 0 Å². The number of carbonyl (C=O) groups is 2. The number of nitrogens with one attached hydrogen (secondary N) is 2. The van der Waals surface area contributed by atoms with Crippen molar-refractivity contribution in [2.45, 2.75) is 45.2 Å². The highest BCUT2D eigenvalue weighted by Crippen LogP contribution is 2.33. The largest absolute Gasteiger partial charge is 0.493 e. The monoisotopic (exact) mass is 576 g/mol. The Morgan fingerprint density at radius 3 is 2.43 bits per heavy atom. The van der Waals surface area contributed by atoms with Gasteiger partial charge in [0.15, 0.2) is 11.5 Å². The zero-order valence-corrected chi connectivity index (χ0v) is 25.2. The summed E-state index contributed by atoms with van der Waals surface area (Å²) in [5, 5.41) is 4.51. The molecule has 0 bridgehead atoms. The van der Waals surface area contributed by atoms with E-state index in [2.05, 4.69) is 29.0 Å². The molecule has 0 unspecified atom stereocenters. The Bertz CT molecular complexity index is 1370. The standard InChI is InChI=1S/C33H44N4O5/c1-22(2)36(32(38)23-10-13-30(41-4)31(16-23)42-15-7-14-40-3)20-24-17-34-18-25(24)21-37(26-11-12-26)33(39)28-19-35-29-9-6-5-8-27(28)29/h5-6,8-10,13,16,19,22,24-26,34-35H,7,11-12,14-15,17-18,20-21H2,1-4H3/t24-,25-/m0/s1. The van der Waals surface area contributed by atoms with Crippen LogP contribution in [0, 0.1) is 11.8 Å². The topological polar surface area (TPSA) is 96.1 Å². The van der Waals surface area contributed by atoms with Crippen molar-refractivity contribution in [2.24, 2.45) is 11.8 Å². The summed E-state index contributed by atoms with van der Waals surface area (Å²) >= 11 is 0. The summed E-state index contributed by atoms with van der Waals surface area (Å²) in [7, 11) is 3.26. The minimum absolute atomic E-state index is 0.0133. The normalized spacial score (nSPS) is 18.4. The van der Waals surface area contributed by atoms with Crippen LogP contribution in [-0.2, 0) is 4.74 Å². The van der Waals surface area contributed by atoms with Gasteiger partial charge < -0.3 is 34.3 Å². The Kier molecular flexibility index (Phi) is 9.69. The van der Waals surface area contributed by atoms with Crippen molar-refractivity contribution < 1.29 is 23.8 Å². The van der Waals surface area contributed by atoms with Gasteiger partial charge in [-0.3, -0.25) is 9.59 Å². The van der Waals surface area contributed by atoms with E-state index in [4.69, 9.17) is 14.2 Å². The summed E-state index contributed by atoms with van der Waals surface area (Å²) < 4.78 is 16.5. The Hall–Kier alpha value is -3.56. The predicted octanol–water partition coefficient (Wildman–Crippen LogP) is 4.58. The molecule has 42 heavy (non-hydrogen) atoms. The number of benzene rings is 2. The number of para-hydroxylation sites is 1. The summed E-state index contributed by atoms with van der Waals surface area (Å²) in [6, 6.07) is 13.6. The van der Waals surface area contributed by atoms with Gasteiger partial charge in [-0.05, 0) is 62.8 Å². The van der Waals surface area contributed by atoms with Crippen molar-refractivity contribution >= 4 is 22.7 Å². The number of ether oxygens (including phenoxy) is 3. The molecule has 1 saturated carbocycles. The summed E-state index contributed by atoms with van der Waals surface area (Å²) in [5.74, 6) is 1.70. The lowest BCUT2D eigenvalue weighted by Gasteiger charge is -2.33. The fourth-order valence-corrected chi connectivity index (χ4v) is 5.91. The van der Waals surface area contributed by atoms with E-state index in [9.17, 15) is 9.59 Å². The average Bonchev–Trinajstić information content (AvgIpc) is 3.59. The van der Waals surface area contributed by atoms with E-state index in [1.54, 1.807) is 32.4 Å². The third-order valence-corrected chi connectivity index (χ3v) is 8.46. The second kappa shape index (κ2) is 13.6. The van der Waals surface area contributed by atoms with Gasteiger partial charge in [0.25, 0.3) is 11.8 Å². The van der Waals surface area contributed by atoms with Crippen LogP contribution in [0.5, 0.6) is 11.5 Å². The van der Waals surface area contributed by atoms with Crippen molar-refractivity contribution in [2.75, 3.05) is 53.6 Å². The van der Waals surface area contributed by atoms with Crippen LogP contribution in [0.15, 0.2) is 48.7 Å². The second-order valence-electron chi connectivity index (χ2n) is 11.7. The molecule has 9 nitrogen and oxygen atoms in total. The Labute approximate surface area is 248 Å². The number of fused-ring (bicyclic) bond motifs is 1. The lowest BCUT2D eigenvalue weighted by atomic mass is 9.93. The highest BCUT2D eigenvalue weighted by molar-refractivity contribution is 6.06. The van der Waals surface area contributed by atoms with Crippen molar-refractivity contribution in [1.82, 2.24) is 20.1 Å². The molecule has 2 amide bonds. The van der Waals surface area contributed by atoms with Gasteiger partial charge >= 0.3 is 0 Å². The molecule has 1 saturated heterocycles. The van der Waals surface area contributed by atoms with Gasteiger partial charge in [0.2, 0.25) is 0 Å². The van der Waals surface area contributed by atoms with Crippen molar-refractivity contribution in [1.29, 1.82) is 0 Å². The third-order valence-electron chi connectivity index (χ3n) is 8.46. The van der Waals surface area contributed by atoms with Gasteiger partial charge in [-0.25, -0.2) is 0 Å². The Balaban J connectivity index is 1.29. The second-order valence-corrected chi connectivity index (χ2v) is 11.7. The molecule has 226 valence electrons. The molecule has 2 N–H and O–H groups in total. The molecule has 2 atom stereocenters. The number of nitrogens with zero attached hydrogens (tertiary/aromatic N) is 2. The molecule has 5 rings (SSSR count).